The van der Waals surface area contributed by atoms with Crippen molar-refractivity contribution in [2.24, 2.45) is 9.98 Å². The van der Waals surface area contributed by atoms with Crippen LogP contribution in [0, 0.1) is 0 Å². The molecule has 0 aromatic heterocycles. The average Bonchev–Trinajstić information content (AvgIpc) is 3.10. The van der Waals surface area contributed by atoms with Crippen molar-refractivity contribution in [2.75, 3.05) is 26.2 Å². The van der Waals surface area contributed by atoms with Crippen molar-refractivity contribution in [3.8, 4) is 5.75 Å². The van der Waals surface area contributed by atoms with E-state index in [9.17, 15) is 18.3 Å². The zero-order chi connectivity index (χ0) is 22.8. The number of para-hydroxylation sites is 1. The van der Waals surface area contributed by atoms with Gasteiger partial charge in [0.15, 0.2) is 5.66 Å². The van der Waals surface area contributed by atoms with Gasteiger partial charge in [-0.2, -0.15) is 13.2 Å². The molecule has 2 aromatic rings. The molecular weight excluding hydrogens is 419 g/mol. The van der Waals surface area contributed by atoms with Gasteiger partial charge in [-0.05, 0) is 31.2 Å². The highest BCUT2D eigenvalue weighted by Crippen LogP contribution is 2.35. The molecule has 0 radical (unpaired) electrons. The van der Waals surface area contributed by atoms with E-state index in [1.165, 1.54) is 6.07 Å². The second-order valence-corrected chi connectivity index (χ2v) is 8.30. The summed E-state index contributed by atoms with van der Waals surface area (Å²) in [6.45, 7) is 3.87. The molecule has 2 aromatic carbocycles. The Bertz CT molecular complexity index is 997. The van der Waals surface area contributed by atoms with Crippen LogP contribution < -0.4 is 4.74 Å². The summed E-state index contributed by atoms with van der Waals surface area (Å²) in [5.74, 6) is 0.719. The van der Waals surface area contributed by atoms with Crippen LogP contribution in [0.2, 0.25) is 0 Å². The molecule has 0 amide bonds. The van der Waals surface area contributed by atoms with E-state index in [0.717, 1.165) is 17.9 Å². The van der Waals surface area contributed by atoms with E-state index < -0.39 is 23.5 Å². The minimum absolute atomic E-state index is 0.209. The number of aliphatic hydroxyl groups is 1. The summed E-state index contributed by atoms with van der Waals surface area (Å²) in [6, 6.07) is 14.6. The van der Waals surface area contributed by atoms with Gasteiger partial charge in [0, 0.05) is 38.0 Å². The second-order valence-electron chi connectivity index (χ2n) is 8.30. The van der Waals surface area contributed by atoms with Crippen LogP contribution in [0.5, 0.6) is 5.75 Å². The van der Waals surface area contributed by atoms with Crippen molar-refractivity contribution in [1.82, 2.24) is 4.90 Å². The van der Waals surface area contributed by atoms with Crippen molar-refractivity contribution in [3.63, 3.8) is 0 Å². The van der Waals surface area contributed by atoms with Gasteiger partial charge in [0.05, 0.1) is 17.0 Å². The lowest BCUT2D eigenvalue weighted by Crippen LogP contribution is -2.45. The first-order chi connectivity index (χ1) is 15.2. The maximum atomic E-state index is 13.1. The smallest absolute Gasteiger partial charge is 0.416 e. The summed E-state index contributed by atoms with van der Waals surface area (Å²) in [4.78, 5) is 11.7. The van der Waals surface area contributed by atoms with Gasteiger partial charge in [-0.3, -0.25) is 9.98 Å². The number of hydrogen-bond donors (Lipinski definition) is 1. The number of halogens is 3. The van der Waals surface area contributed by atoms with Crippen molar-refractivity contribution < 1.29 is 23.0 Å². The number of alkyl halides is 3. The third kappa shape index (κ3) is 5.19. The summed E-state index contributed by atoms with van der Waals surface area (Å²) in [5.41, 5.74) is 0.312. The average molecular weight is 445 g/mol. The Morgan fingerprint density at radius 1 is 1.06 bits per heavy atom. The van der Waals surface area contributed by atoms with E-state index in [1.807, 2.05) is 30.3 Å². The highest BCUT2D eigenvalue weighted by Gasteiger charge is 2.39. The Labute approximate surface area is 185 Å². The maximum Gasteiger partial charge on any atom is 0.416 e. The molecule has 5 nitrogen and oxygen atoms in total. The molecule has 0 saturated carbocycles. The monoisotopic (exact) mass is 445 g/mol. The van der Waals surface area contributed by atoms with E-state index in [0.29, 0.717) is 49.5 Å². The fourth-order valence-corrected chi connectivity index (χ4v) is 4.17. The highest BCUT2D eigenvalue weighted by molar-refractivity contribution is 6.48. The van der Waals surface area contributed by atoms with Gasteiger partial charge in [-0.15, -0.1) is 0 Å². The molecule has 2 aliphatic heterocycles. The van der Waals surface area contributed by atoms with Crippen LogP contribution in [-0.2, 0) is 6.18 Å². The van der Waals surface area contributed by atoms with E-state index in [-0.39, 0.29) is 6.61 Å². The van der Waals surface area contributed by atoms with Crippen molar-refractivity contribution >= 4 is 11.4 Å². The Balaban J connectivity index is 1.35. The number of aliphatic hydroxyl groups excluding tert-OH is 1. The maximum absolute atomic E-state index is 13.1. The molecule has 2 heterocycles. The number of likely N-dealkylation sites (tertiary alicyclic amines) is 1. The molecule has 1 N–H and O–H groups in total. The van der Waals surface area contributed by atoms with Gasteiger partial charge in [-0.25, -0.2) is 0 Å². The molecule has 1 spiro atoms. The Morgan fingerprint density at radius 3 is 2.47 bits per heavy atom. The molecular formula is C24H26F3N3O2. The summed E-state index contributed by atoms with van der Waals surface area (Å²) >= 11 is 0. The Hall–Kier alpha value is -2.71. The van der Waals surface area contributed by atoms with Gasteiger partial charge in [0.2, 0.25) is 0 Å². The Kier molecular flexibility index (Phi) is 6.35. The van der Waals surface area contributed by atoms with Gasteiger partial charge in [0.25, 0.3) is 0 Å². The van der Waals surface area contributed by atoms with Crippen LogP contribution in [0.15, 0.2) is 64.6 Å². The summed E-state index contributed by atoms with van der Waals surface area (Å²) in [7, 11) is 0. The standard InChI is InChI=1S/C24H26F3N3O2/c1-17-22(18-6-5-7-19(14-18)24(25,26)27)29-23(28-17)10-12-30(13-11-23)15-20(31)16-32-21-8-3-2-4-9-21/h2-9,14,20,31H,10-13,15-16H2,1H3. The van der Waals surface area contributed by atoms with Crippen molar-refractivity contribution in [3.05, 3.63) is 65.7 Å². The number of piperidine rings is 1. The summed E-state index contributed by atoms with van der Waals surface area (Å²) in [6.07, 6.45) is -3.71. The summed E-state index contributed by atoms with van der Waals surface area (Å²) < 4.78 is 44.9. The topological polar surface area (TPSA) is 57.4 Å². The zero-order valence-corrected chi connectivity index (χ0v) is 17.8. The minimum Gasteiger partial charge on any atom is -0.491 e. The number of β-amino-alcohol motifs (C(OH)–C–C–N with tert-alkyl or cyclic N) is 1. The van der Waals surface area contributed by atoms with Crippen molar-refractivity contribution in [1.29, 1.82) is 0 Å². The first kappa shape index (κ1) is 22.5. The highest BCUT2D eigenvalue weighted by atomic mass is 19.4. The number of nitrogens with zero attached hydrogens (tertiary/aromatic N) is 3. The number of hydrogen-bond acceptors (Lipinski definition) is 5. The van der Waals surface area contributed by atoms with Gasteiger partial charge in [-0.1, -0.05) is 30.3 Å². The molecule has 1 fully saturated rings. The first-order valence-corrected chi connectivity index (χ1v) is 10.7. The summed E-state index contributed by atoms with van der Waals surface area (Å²) in [5, 5.41) is 10.3. The molecule has 0 bridgehead atoms. The number of benzene rings is 2. The van der Waals surface area contributed by atoms with E-state index in [1.54, 1.807) is 13.0 Å². The fraction of sp³-hybridized carbons (Fsp3) is 0.417. The molecule has 170 valence electrons. The van der Waals surface area contributed by atoms with Crippen LogP contribution in [0.25, 0.3) is 0 Å². The van der Waals surface area contributed by atoms with E-state index in [2.05, 4.69) is 4.90 Å². The number of aliphatic imine (C=N–C) groups is 2. The van der Waals surface area contributed by atoms with Gasteiger partial charge >= 0.3 is 6.18 Å². The number of rotatable bonds is 6. The zero-order valence-electron chi connectivity index (χ0n) is 17.8. The van der Waals surface area contributed by atoms with Crippen LogP contribution in [-0.4, -0.2) is 59.4 Å². The predicted octanol–water partition coefficient (Wildman–Crippen LogP) is 4.20. The lowest BCUT2D eigenvalue weighted by atomic mass is 9.98. The largest absolute Gasteiger partial charge is 0.491 e. The quantitative estimate of drug-likeness (QED) is 0.725. The lowest BCUT2D eigenvalue weighted by molar-refractivity contribution is -0.137. The van der Waals surface area contributed by atoms with E-state index >= 15 is 0 Å². The van der Waals surface area contributed by atoms with Gasteiger partial charge in [0.1, 0.15) is 18.5 Å². The van der Waals surface area contributed by atoms with Gasteiger partial charge < -0.3 is 14.7 Å². The molecule has 8 heteroatoms. The molecule has 1 unspecified atom stereocenters. The van der Waals surface area contributed by atoms with Crippen LogP contribution in [0.4, 0.5) is 13.2 Å². The lowest BCUT2D eigenvalue weighted by Gasteiger charge is -2.36. The molecule has 32 heavy (non-hydrogen) atoms. The third-order valence-corrected chi connectivity index (χ3v) is 5.81. The Morgan fingerprint density at radius 2 is 1.78 bits per heavy atom. The molecule has 2 aliphatic rings. The predicted molar refractivity (Wildman–Crippen MR) is 117 cm³/mol. The number of ether oxygens (including phenoxy) is 1. The minimum atomic E-state index is -4.39. The molecule has 1 atom stereocenters. The van der Waals surface area contributed by atoms with E-state index in [4.69, 9.17) is 14.7 Å². The molecule has 4 rings (SSSR count). The second kappa shape index (κ2) is 9.03. The van der Waals surface area contributed by atoms with Crippen LogP contribution >= 0.6 is 0 Å². The van der Waals surface area contributed by atoms with Crippen LogP contribution in [0.1, 0.15) is 30.9 Å². The molecule has 1 saturated heterocycles. The van der Waals surface area contributed by atoms with Crippen LogP contribution in [0.3, 0.4) is 0 Å². The fourth-order valence-electron chi connectivity index (χ4n) is 4.17. The SMILES string of the molecule is CC1=NC2(CCN(CC(O)COc3ccccc3)CC2)N=C1c1cccc(C(F)(F)F)c1. The van der Waals surface area contributed by atoms with Crippen molar-refractivity contribution in [2.45, 2.75) is 37.7 Å². The normalized spacial score (nSPS) is 19.5. The third-order valence-electron chi connectivity index (χ3n) is 5.81. The first-order valence-electron chi connectivity index (χ1n) is 10.7. The molecule has 0 aliphatic carbocycles.